The van der Waals surface area contributed by atoms with Crippen molar-refractivity contribution >= 4 is 22.5 Å². The minimum atomic E-state index is -0.585. The zero-order valence-corrected chi connectivity index (χ0v) is 23.7. The third kappa shape index (κ3) is 5.00. The number of ether oxygens (including phenoxy) is 2. The Morgan fingerprint density at radius 3 is 2.37 bits per heavy atom. The number of carbonyl (C=O) groups is 1. The van der Waals surface area contributed by atoms with E-state index in [9.17, 15) is 14.7 Å². The van der Waals surface area contributed by atoms with E-state index in [1.807, 2.05) is 19.9 Å². The first-order chi connectivity index (χ1) is 19.6. The molecule has 0 unspecified atom stereocenters. The number of carbonyl (C=O) groups excluding carboxylic acids is 1. The van der Waals surface area contributed by atoms with Crippen molar-refractivity contribution in [2.75, 3.05) is 19.5 Å². The second-order valence-electron chi connectivity index (χ2n) is 9.82. The van der Waals surface area contributed by atoms with Gasteiger partial charge in [0.15, 0.2) is 0 Å². The second kappa shape index (κ2) is 10.8. The SMILES string of the molecule is COc1cc2c(cc1-c1c(C)noc1C)cc(C(=O)Nc1cc(C)c(O)c(C)c1)c(=O)n2Cc1ncccc1OC. The molecule has 0 saturated carbocycles. The number of nitrogens with one attached hydrogen (secondary N) is 1. The molecule has 5 aromatic rings. The number of fused-ring (bicyclic) bond motifs is 1. The summed E-state index contributed by atoms with van der Waals surface area (Å²) in [4.78, 5) is 32.0. The molecular formula is C31H30N4O6. The molecule has 210 valence electrons. The summed E-state index contributed by atoms with van der Waals surface area (Å²) >= 11 is 0. The van der Waals surface area contributed by atoms with Crippen molar-refractivity contribution in [1.82, 2.24) is 14.7 Å². The van der Waals surface area contributed by atoms with E-state index in [2.05, 4.69) is 15.5 Å². The molecule has 41 heavy (non-hydrogen) atoms. The van der Waals surface area contributed by atoms with Gasteiger partial charge in [-0.05, 0) is 75.2 Å². The molecule has 0 aliphatic heterocycles. The largest absolute Gasteiger partial charge is 0.507 e. The Bertz CT molecular complexity index is 1830. The van der Waals surface area contributed by atoms with E-state index in [4.69, 9.17) is 14.0 Å². The lowest BCUT2D eigenvalue weighted by molar-refractivity contribution is 0.102. The van der Waals surface area contributed by atoms with Crippen LogP contribution in [-0.4, -0.2) is 39.9 Å². The monoisotopic (exact) mass is 554 g/mol. The molecule has 0 aliphatic rings. The fourth-order valence-corrected chi connectivity index (χ4v) is 5.06. The molecule has 2 N–H and O–H groups in total. The number of phenols is 1. The fraction of sp³-hybridized carbons (Fsp3) is 0.226. The maximum atomic E-state index is 14.0. The van der Waals surface area contributed by atoms with Crippen molar-refractivity contribution in [3.63, 3.8) is 0 Å². The average Bonchev–Trinajstić information content (AvgIpc) is 3.29. The predicted octanol–water partition coefficient (Wildman–Crippen LogP) is 5.31. The number of amides is 1. The molecule has 3 heterocycles. The summed E-state index contributed by atoms with van der Waals surface area (Å²) < 4.78 is 18.1. The molecule has 1 amide bonds. The molecule has 10 nitrogen and oxygen atoms in total. The molecule has 0 atom stereocenters. The smallest absolute Gasteiger partial charge is 0.264 e. The molecule has 0 fully saturated rings. The van der Waals surface area contributed by atoms with Crippen LogP contribution in [0.15, 0.2) is 58.0 Å². The normalized spacial score (nSPS) is 11.1. The molecule has 0 spiro atoms. The Morgan fingerprint density at radius 2 is 1.73 bits per heavy atom. The van der Waals surface area contributed by atoms with Gasteiger partial charge in [-0.1, -0.05) is 5.16 Å². The predicted molar refractivity (Wildman–Crippen MR) is 155 cm³/mol. The number of anilines is 1. The first kappa shape index (κ1) is 27.4. The number of hydrogen-bond donors (Lipinski definition) is 2. The van der Waals surface area contributed by atoms with Crippen LogP contribution < -0.4 is 20.3 Å². The molecule has 0 aliphatic carbocycles. The van der Waals surface area contributed by atoms with Crippen LogP contribution in [0.4, 0.5) is 5.69 Å². The Morgan fingerprint density at radius 1 is 1.02 bits per heavy atom. The van der Waals surface area contributed by atoms with Crippen LogP contribution in [-0.2, 0) is 6.54 Å². The van der Waals surface area contributed by atoms with Gasteiger partial charge in [0.2, 0.25) is 0 Å². The number of hydrogen-bond acceptors (Lipinski definition) is 8. The third-order valence-electron chi connectivity index (χ3n) is 7.09. The Hall–Kier alpha value is -5.12. The van der Waals surface area contributed by atoms with E-state index in [0.717, 1.165) is 5.56 Å². The van der Waals surface area contributed by atoms with Gasteiger partial charge in [-0.3, -0.25) is 14.6 Å². The van der Waals surface area contributed by atoms with Crippen molar-refractivity contribution < 1.29 is 23.9 Å². The van der Waals surface area contributed by atoms with Crippen molar-refractivity contribution in [2.24, 2.45) is 0 Å². The zero-order valence-electron chi connectivity index (χ0n) is 23.7. The summed E-state index contributed by atoms with van der Waals surface area (Å²) in [6.07, 6.45) is 1.62. The van der Waals surface area contributed by atoms with E-state index in [0.29, 0.717) is 61.9 Å². The number of benzene rings is 2. The van der Waals surface area contributed by atoms with E-state index >= 15 is 0 Å². The number of methoxy groups -OCH3 is 2. The summed E-state index contributed by atoms with van der Waals surface area (Å²) in [7, 11) is 3.09. The van der Waals surface area contributed by atoms with E-state index in [1.54, 1.807) is 63.6 Å². The van der Waals surface area contributed by atoms with Crippen LogP contribution in [0.25, 0.3) is 22.0 Å². The van der Waals surface area contributed by atoms with Gasteiger partial charge in [0.1, 0.15) is 34.3 Å². The van der Waals surface area contributed by atoms with Gasteiger partial charge in [0, 0.05) is 28.9 Å². The minimum Gasteiger partial charge on any atom is -0.507 e. The van der Waals surface area contributed by atoms with Gasteiger partial charge in [0.05, 0.1) is 37.5 Å². The van der Waals surface area contributed by atoms with Crippen molar-refractivity contribution in [3.05, 3.63) is 92.9 Å². The number of phenolic OH excluding ortho intramolecular Hbond substituents is 1. The fourth-order valence-electron chi connectivity index (χ4n) is 5.06. The molecule has 3 aromatic heterocycles. The summed E-state index contributed by atoms with van der Waals surface area (Å²) in [6, 6.07) is 12.0. The van der Waals surface area contributed by atoms with Crippen molar-refractivity contribution in [2.45, 2.75) is 34.2 Å². The first-order valence-electron chi connectivity index (χ1n) is 12.9. The van der Waals surface area contributed by atoms with Crippen LogP contribution in [0, 0.1) is 27.7 Å². The second-order valence-corrected chi connectivity index (χ2v) is 9.82. The molecule has 0 radical (unpaired) electrons. The number of aromatic hydroxyl groups is 1. The molecule has 0 saturated heterocycles. The highest BCUT2D eigenvalue weighted by atomic mass is 16.5. The van der Waals surface area contributed by atoms with Crippen LogP contribution in [0.3, 0.4) is 0 Å². The van der Waals surface area contributed by atoms with Crippen LogP contribution in [0.1, 0.15) is 38.6 Å². The van der Waals surface area contributed by atoms with Gasteiger partial charge in [-0.15, -0.1) is 0 Å². The topological polar surface area (TPSA) is 129 Å². The van der Waals surface area contributed by atoms with Crippen molar-refractivity contribution in [1.29, 1.82) is 0 Å². The van der Waals surface area contributed by atoms with Crippen LogP contribution in [0.2, 0.25) is 0 Å². The molecular weight excluding hydrogens is 524 g/mol. The third-order valence-corrected chi connectivity index (χ3v) is 7.09. The minimum absolute atomic E-state index is 0.0473. The van der Waals surface area contributed by atoms with Crippen LogP contribution in [0.5, 0.6) is 17.2 Å². The quantitative estimate of drug-likeness (QED) is 0.259. The number of aryl methyl sites for hydroxylation is 4. The zero-order chi connectivity index (χ0) is 29.4. The summed E-state index contributed by atoms with van der Waals surface area (Å²) in [5, 5.41) is 17.7. The lowest BCUT2D eigenvalue weighted by Gasteiger charge is -2.17. The standard InChI is InChI=1S/C31H30N4O6/c1-16-10-21(11-17(2)29(16)36)33-30(37)23-13-20-12-22(28-18(3)34-41-19(28)4)27(40-6)14-25(20)35(31(23)38)15-24-26(39-5)8-7-9-32-24/h7-14,36H,15H2,1-6H3,(H,33,37). The Kier molecular flexibility index (Phi) is 7.23. The molecule has 0 bridgehead atoms. The summed E-state index contributed by atoms with van der Waals surface area (Å²) in [6.45, 7) is 7.18. The van der Waals surface area contributed by atoms with Gasteiger partial charge >= 0.3 is 0 Å². The van der Waals surface area contributed by atoms with E-state index in [-0.39, 0.29) is 17.9 Å². The molecule has 2 aromatic carbocycles. The summed E-state index contributed by atoms with van der Waals surface area (Å²) in [5.41, 5.74) is 4.34. The number of aromatic nitrogens is 3. The summed E-state index contributed by atoms with van der Waals surface area (Å²) in [5.74, 6) is 1.21. The number of rotatable bonds is 7. The molecule has 10 heteroatoms. The maximum absolute atomic E-state index is 14.0. The van der Waals surface area contributed by atoms with E-state index < -0.39 is 11.5 Å². The maximum Gasteiger partial charge on any atom is 0.264 e. The Labute approximate surface area is 236 Å². The highest BCUT2D eigenvalue weighted by Gasteiger charge is 2.22. The van der Waals surface area contributed by atoms with Gasteiger partial charge < -0.3 is 29.0 Å². The van der Waals surface area contributed by atoms with Crippen LogP contribution >= 0.6 is 0 Å². The lowest BCUT2D eigenvalue weighted by atomic mass is 9.99. The number of nitrogens with zero attached hydrogens (tertiary/aromatic N) is 3. The first-order valence-corrected chi connectivity index (χ1v) is 12.9. The highest BCUT2D eigenvalue weighted by Crippen LogP contribution is 2.38. The van der Waals surface area contributed by atoms with Gasteiger partial charge in [-0.2, -0.15) is 0 Å². The number of pyridine rings is 2. The Balaban J connectivity index is 1.73. The molecule has 5 rings (SSSR count). The van der Waals surface area contributed by atoms with Crippen molar-refractivity contribution in [3.8, 4) is 28.4 Å². The van der Waals surface area contributed by atoms with E-state index in [1.165, 1.54) is 11.7 Å². The van der Waals surface area contributed by atoms with Gasteiger partial charge in [-0.25, -0.2) is 0 Å². The lowest BCUT2D eigenvalue weighted by Crippen LogP contribution is -2.30. The van der Waals surface area contributed by atoms with Gasteiger partial charge in [0.25, 0.3) is 11.5 Å². The average molecular weight is 555 g/mol. The highest BCUT2D eigenvalue weighted by molar-refractivity contribution is 6.06.